The third-order valence-corrected chi connectivity index (χ3v) is 7.35. The Hall–Kier alpha value is -4.88. The lowest BCUT2D eigenvalue weighted by Gasteiger charge is -2.21. The van der Waals surface area contributed by atoms with E-state index in [1.807, 2.05) is 77.9 Å². The van der Waals surface area contributed by atoms with Crippen LogP contribution < -0.4 is 9.47 Å². The fraction of sp³-hybridized carbons (Fsp3) is 0.222. The summed E-state index contributed by atoms with van der Waals surface area (Å²) in [4.78, 5) is 11.2. The molecule has 1 aliphatic heterocycles. The molecular weight excluding hydrogens is 538 g/mol. The number of ether oxygens (including phenoxy) is 2. The lowest BCUT2D eigenvalue weighted by Crippen LogP contribution is -2.18. The van der Waals surface area contributed by atoms with Crippen molar-refractivity contribution < 1.29 is 18.8 Å². The van der Waals surface area contributed by atoms with Crippen molar-refractivity contribution >= 4 is 11.3 Å². The number of rotatable bonds is 11. The first-order valence-electron chi connectivity index (χ1n) is 14.7. The largest absolute Gasteiger partial charge is 0.488 e. The minimum atomic E-state index is 0.190. The molecule has 5 aromatic rings. The molecule has 0 aliphatic carbocycles. The zero-order valence-electron chi connectivity index (χ0n) is 24.7. The third-order valence-electron chi connectivity index (χ3n) is 7.35. The summed E-state index contributed by atoms with van der Waals surface area (Å²) in [5.41, 5.74) is 5.75. The summed E-state index contributed by atoms with van der Waals surface area (Å²) in [5, 5.41) is 6.25. The van der Waals surface area contributed by atoms with E-state index in [2.05, 4.69) is 56.3 Å². The fourth-order valence-corrected chi connectivity index (χ4v) is 4.99. The van der Waals surface area contributed by atoms with Gasteiger partial charge in [0.05, 0.1) is 17.7 Å². The van der Waals surface area contributed by atoms with Gasteiger partial charge >= 0.3 is 0 Å². The van der Waals surface area contributed by atoms with Gasteiger partial charge in [-0.05, 0) is 47.7 Å². The van der Waals surface area contributed by atoms with Gasteiger partial charge in [0.15, 0.2) is 5.76 Å². The van der Waals surface area contributed by atoms with Crippen LogP contribution >= 0.6 is 0 Å². The highest BCUT2D eigenvalue weighted by Crippen LogP contribution is 2.43. The Kier molecular flexibility index (Phi) is 8.52. The summed E-state index contributed by atoms with van der Waals surface area (Å²) >= 11 is 0. The predicted octanol–water partition coefficient (Wildman–Crippen LogP) is 8.15. The number of likely N-dealkylation sites (N-methyl/N-ethyl adjacent to an activating group) is 1. The molecule has 1 aromatic heterocycles. The van der Waals surface area contributed by atoms with E-state index in [0.717, 1.165) is 39.1 Å². The number of nitrogens with zero attached hydrogens (tertiary/aromatic N) is 3. The number of hydrogen-bond acceptors (Lipinski definition) is 7. The molecule has 0 amide bonds. The zero-order chi connectivity index (χ0) is 29.6. The van der Waals surface area contributed by atoms with Crippen LogP contribution in [0.25, 0.3) is 22.8 Å². The Labute approximate surface area is 252 Å². The van der Waals surface area contributed by atoms with Crippen LogP contribution in [0.2, 0.25) is 0 Å². The quantitative estimate of drug-likeness (QED) is 0.158. The summed E-state index contributed by atoms with van der Waals surface area (Å²) in [5.74, 6) is 3.24. The monoisotopic (exact) mass is 573 g/mol. The maximum absolute atomic E-state index is 6.51. The van der Waals surface area contributed by atoms with Gasteiger partial charge in [0.1, 0.15) is 24.7 Å². The second kappa shape index (κ2) is 13.0. The van der Waals surface area contributed by atoms with Crippen LogP contribution in [0.1, 0.15) is 54.8 Å². The molecule has 6 rings (SSSR count). The molecule has 0 spiro atoms. The van der Waals surface area contributed by atoms with Gasteiger partial charge in [-0.25, -0.2) is 0 Å². The van der Waals surface area contributed by atoms with E-state index in [4.69, 9.17) is 23.8 Å². The highest BCUT2D eigenvalue weighted by molar-refractivity contribution is 5.90. The van der Waals surface area contributed by atoms with Crippen molar-refractivity contribution in [2.45, 2.75) is 39.9 Å². The van der Waals surface area contributed by atoms with E-state index < -0.39 is 0 Å². The molecule has 1 aliphatic rings. The van der Waals surface area contributed by atoms with Gasteiger partial charge in [-0.1, -0.05) is 97.9 Å². The van der Waals surface area contributed by atoms with Crippen LogP contribution in [-0.4, -0.2) is 28.3 Å². The average molecular weight is 574 g/mol. The highest BCUT2D eigenvalue weighted by Gasteiger charge is 2.32. The van der Waals surface area contributed by atoms with Gasteiger partial charge in [-0.3, -0.25) is 0 Å². The second-order valence-electron chi connectivity index (χ2n) is 10.7. The average Bonchev–Trinajstić information content (AvgIpc) is 3.72. The van der Waals surface area contributed by atoms with E-state index >= 15 is 0 Å². The standard InChI is InChI=1S/C36H35N3O4/c1-4-39-22-31(35-37-36(42-38-35)28-18-12-7-13-19-28)34(43-39)30-20-29(25(2)3)32(40-23-26-14-8-5-9-15-26)21-33(30)41-24-27-16-10-6-11-17-27/h5-21,25H,4,22-24H2,1-3H3. The van der Waals surface area contributed by atoms with Gasteiger partial charge < -0.3 is 18.8 Å². The van der Waals surface area contributed by atoms with Crippen LogP contribution in [0, 0.1) is 0 Å². The third kappa shape index (κ3) is 6.47. The summed E-state index contributed by atoms with van der Waals surface area (Å²) in [6.07, 6.45) is 0. The van der Waals surface area contributed by atoms with Gasteiger partial charge in [-0.2, -0.15) is 4.98 Å². The molecule has 0 saturated heterocycles. The van der Waals surface area contributed by atoms with Crippen LogP contribution in [0.15, 0.2) is 108 Å². The Balaban J connectivity index is 1.43. The summed E-state index contributed by atoms with van der Waals surface area (Å²) in [7, 11) is 0. The van der Waals surface area contributed by atoms with Crippen LogP contribution in [0.3, 0.4) is 0 Å². The van der Waals surface area contributed by atoms with Gasteiger partial charge in [0.25, 0.3) is 5.89 Å². The van der Waals surface area contributed by atoms with E-state index in [1.165, 1.54) is 0 Å². The second-order valence-corrected chi connectivity index (χ2v) is 10.7. The number of aromatic nitrogens is 2. The Morgan fingerprint density at radius 3 is 2.00 bits per heavy atom. The van der Waals surface area contributed by atoms with Crippen LogP contribution in [0.5, 0.6) is 11.5 Å². The Bertz CT molecular complexity index is 1680. The van der Waals surface area contributed by atoms with Crippen LogP contribution in [-0.2, 0) is 18.1 Å². The molecule has 7 nitrogen and oxygen atoms in total. The topological polar surface area (TPSA) is 69.9 Å². The van der Waals surface area contributed by atoms with Crippen molar-refractivity contribution in [3.63, 3.8) is 0 Å². The maximum Gasteiger partial charge on any atom is 0.258 e. The van der Waals surface area contributed by atoms with E-state index in [0.29, 0.717) is 49.5 Å². The zero-order valence-corrected chi connectivity index (χ0v) is 24.7. The van der Waals surface area contributed by atoms with Crippen molar-refractivity contribution in [1.82, 2.24) is 15.2 Å². The normalized spacial score (nSPS) is 13.4. The SMILES string of the molecule is CCN1CC(c2noc(-c3ccccc3)n2)=C(c2cc(C(C)C)c(OCc3ccccc3)cc2OCc2ccccc2)O1. The summed E-state index contributed by atoms with van der Waals surface area (Å²) in [6, 6.07) is 34.2. The number of hydrogen-bond donors (Lipinski definition) is 0. The van der Waals surface area contributed by atoms with Crippen molar-refractivity contribution in [3.05, 3.63) is 131 Å². The molecule has 0 bridgehead atoms. The molecule has 0 atom stereocenters. The molecule has 7 heteroatoms. The molecule has 218 valence electrons. The number of benzene rings is 4. The van der Waals surface area contributed by atoms with Gasteiger partial charge in [-0.15, -0.1) is 5.06 Å². The number of hydroxylamine groups is 2. The van der Waals surface area contributed by atoms with Crippen molar-refractivity contribution in [3.8, 4) is 23.0 Å². The molecular formula is C36H35N3O4. The fourth-order valence-electron chi connectivity index (χ4n) is 4.99. The minimum absolute atomic E-state index is 0.190. The van der Waals surface area contributed by atoms with E-state index in [1.54, 1.807) is 0 Å². The molecule has 43 heavy (non-hydrogen) atoms. The molecule has 0 N–H and O–H groups in total. The molecule has 0 fully saturated rings. The first kappa shape index (κ1) is 28.2. The lowest BCUT2D eigenvalue weighted by molar-refractivity contribution is -0.0557. The van der Waals surface area contributed by atoms with Crippen molar-refractivity contribution in [2.24, 2.45) is 0 Å². The molecule has 0 radical (unpaired) electrons. The Morgan fingerprint density at radius 2 is 1.40 bits per heavy atom. The molecule has 2 heterocycles. The molecule has 4 aromatic carbocycles. The summed E-state index contributed by atoms with van der Waals surface area (Å²) in [6.45, 7) is 8.43. The minimum Gasteiger partial charge on any atom is -0.488 e. The van der Waals surface area contributed by atoms with E-state index in [-0.39, 0.29) is 5.92 Å². The molecule has 0 saturated carbocycles. The van der Waals surface area contributed by atoms with Gasteiger partial charge in [0, 0.05) is 18.2 Å². The smallest absolute Gasteiger partial charge is 0.258 e. The lowest BCUT2D eigenvalue weighted by atomic mass is 9.96. The first-order valence-corrected chi connectivity index (χ1v) is 14.7. The Morgan fingerprint density at radius 1 is 0.791 bits per heavy atom. The maximum atomic E-state index is 6.51. The van der Waals surface area contributed by atoms with Gasteiger partial charge in [0.2, 0.25) is 5.82 Å². The van der Waals surface area contributed by atoms with Crippen LogP contribution in [0.4, 0.5) is 0 Å². The van der Waals surface area contributed by atoms with Crippen molar-refractivity contribution in [2.75, 3.05) is 13.1 Å². The van der Waals surface area contributed by atoms with Crippen molar-refractivity contribution in [1.29, 1.82) is 0 Å². The molecule has 0 unspecified atom stereocenters. The summed E-state index contributed by atoms with van der Waals surface area (Å²) < 4.78 is 18.6. The first-order chi connectivity index (χ1) is 21.1. The van der Waals surface area contributed by atoms with E-state index in [9.17, 15) is 0 Å². The highest BCUT2D eigenvalue weighted by atomic mass is 16.7. The predicted molar refractivity (Wildman–Crippen MR) is 167 cm³/mol.